The maximum absolute atomic E-state index is 12.2. The number of hydrogen-bond donors (Lipinski definition) is 1. The van der Waals surface area contributed by atoms with Crippen molar-refractivity contribution >= 4 is 22.5 Å². The molecule has 0 aliphatic carbocycles. The Morgan fingerprint density at radius 3 is 2.48 bits per heavy atom. The van der Waals surface area contributed by atoms with Gasteiger partial charge in [0.05, 0.1) is 25.1 Å². The lowest BCUT2D eigenvalue weighted by Crippen LogP contribution is -2.20. The first-order chi connectivity index (χ1) is 12.2. The third-order valence-electron chi connectivity index (χ3n) is 3.48. The molecule has 3 aromatic rings. The minimum absolute atomic E-state index is 0.180. The molecule has 128 valence electrons. The summed E-state index contributed by atoms with van der Waals surface area (Å²) in [5.41, 5.74) is 1.31. The van der Waals surface area contributed by atoms with Crippen LogP contribution in [0.25, 0.3) is 10.9 Å². The van der Waals surface area contributed by atoms with Crippen LogP contribution in [-0.2, 0) is 4.79 Å². The third kappa shape index (κ3) is 3.95. The molecule has 0 aliphatic rings. The number of methoxy groups -OCH3 is 2. The first kappa shape index (κ1) is 16.5. The van der Waals surface area contributed by atoms with E-state index in [1.54, 1.807) is 32.4 Å². The molecule has 0 aliphatic heterocycles. The Bertz CT molecular complexity index is 871. The largest absolute Gasteiger partial charge is 0.497 e. The van der Waals surface area contributed by atoms with Crippen LogP contribution in [0.5, 0.6) is 17.4 Å². The lowest BCUT2D eigenvalue weighted by atomic mass is 10.2. The fraction of sp³-hybridized carbons (Fsp3) is 0.167. The van der Waals surface area contributed by atoms with E-state index in [4.69, 9.17) is 14.2 Å². The fourth-order valence-corrected chi connectivity index (χ4v) is 2.31. The van der Waals surface area contributed by atoms with Gasteiger partial charge in [-0.2, -0.15) is 0 Å². The maximum Gasteiger partial charge on any atom is 0.262 e. The molecule has 1 aromatic heterocycles. The predicted octanol–water partition coefficient (Wildman–Crippen LogP) is 2.66. The number of amides is 1. The van der Waals surface area contributed by atoms with Crippen LogP contribution in [0.4, 0.5) is 5.69 Å². The number of aromatic nitrogens is 2. The number of anilines is 1. The highest BCUT2D eigenvalue weighted by Gasteiger charge is 2.09. The zero-order chi connectivity index (χ0) is 17.6. The van der Waals surface area contributed by atoms with Crippen LogP contribution in [0.2, 0.25) is 0 Å². The lowest BCUT2D eigenvalue weighted by molar-refractivity contribution is -0.118. The van der Waals surface area contributed by atoms with Crippen LogP contribution in [0, 0.1) is 0 Å². The summed E-state index contributed by atoms with van der Waals surface area (Å²) in [4.78, 5) is 20.4. The first-order valence-electron chi connectivity index (χ1n) is 7.55. The molecule has 1 N–H and O–H groups in total. The van der Waals surface area contributed by atoms with Gasteiger partial charge in [0.25, 0.3) is 5.91 Å². The number of nitrogens with one attached hydrogen (secondary N) is 1. The molecule has 0 atom stereocenters. The molecule has 2 aromatic carbocycles. The van der Waals surface area contributed by atoms with Crippen LogP contribution in [0.1, 0.15) is 0 Å². The molecule has 0 unspecified atom stereocenters. The van der Waals surface area contributed by atoms with Crippen molar-refractivity contribution < 1.29 is 19.0 Å². The summed E-state index contributed by atoms with van der Waals surface area (Å²) in [6.07, 6.45) is 1.41. The maximum atomic E-state index is 12.2. The van der Waals surface area contributed by atoms with Crippen LogP contribution >= 0.6 is 0 Å². The lowest BCUT2D eigenvalue weighted by Gasteiger charge is -2.11. The number of benzene rings is 2. The molecule has 0 bridgehead atoms. The van der Waals surface area contributed by atoms with Crippen molar-refractivity contribution in [1.29, 1.82) is 0 Å². The van der Waals surface area contributed by atoms with Gasteiger partial charge in [0.2, 0.25) is 5.88 Å². The Balaban J connectivity index is 1.69. The topological polar surface area (TPSA) is 82.6 Å². The molecule has 0 saturated carbocycles. The quantitative estimate of drug-likeness (QED) is 0.743. The normalized spacial score (nSPS) is 10.3. The average molecular weight is 339 g/mol. The summed E-state index contributed by atoms with van der Waals surface area (Å²) in [6, 6.07) is 12.5. The number of hydrogen-bond acceptors (Lipinski definition) is 6. The summed E-state index contributed by atoms with van der Waals surface area (Å²) in [5.74, 6) is 1.21. The molecule has 0 saturated heterocycles. The molecule has 0 radical (unpaired) electrons. The van der Waals surface area contributed by atoms with E-state index >= 15 is 0 Å². The van der Waals surface area contributed by atoms with Gasteiger partial charge >= 0.3 is 0 Å². The zero-order valence-corrected chi connectivity index (χ0v) is 13.9. The van der Waals surface area contributed by atoms with E-state index in [0.717, 1.165) is 10.9 Å². The number of carbonyl (C=O) groups is 1. The van der Waals surface area contributed by atoms with E-state index in [9.17, 15) is 4.79 Å². The van der Waals surface area contributed by atoms with E-state index in [1.807, 2.05) is 24.3 Å². The second kappa shape index (κ2) is 7.48. The van der Waals surface area contributed by atoms with Crippen molar-refractivity contribution in [3.05, 3.63) is 48.8 Å². The van der Waals surface area contributed by atoms with Gasteiger partial charge in [0.15, 0.2) is 6.61 Å². The second-order valence-electron chi connectivity index (χ2n) is 5.13. The Morgan fingerprint density at radius 2 is 1.76 bits per heavy atom. The minimum atomic E-state index is -0.321. The first-order valence-corrected chi connectivity index (χ1v) is 7.55. The van der Waals surface area contributed by atoms with E-state index in [0.29, 0.717) is 23.1 Å². The highest BCUT2D eigenvalue weighted by Crippen LogP contribution is 2.26. The van der Waals surface area contributed by atoms with Crippen molar-refractivity contribution in [1.82, 2.24) is 9.97 Å². The fourth-order valence-electron chi connectivity index (χ4n) is 2.31. The van der Waals surface area contributed by atoms with Gasteiger partial charge in [0, 0.05) is 23.9 Å². The predicted molar refractivity (Wildman–Crippen MR) is 93.2 cm³/mol. The van der Waals surface area contributed by atoms with Crippen LogP contribution in [0.3, 0.4) is 0 Å². The molecule has 25 heavy (non-hydrogen) atoms. The highest BCUT2D eigenvalue weighted by molar-refractivity contribution is 5.92. The van der Waals surface area contributed by atoms with Crippen LogP contribution in [-0.4, -0.2) is 36.7 Å². The molecule has 0 spiro atoms. The minimum Gasteiger partial charge on any atom is -0.497 e. The van der Waals surface area contributed by atoms with Crippen molar-refractivity contribution in [2.24, 2.45) is 0 Å². The Morgan fingerprint density at radius 1 is 1.04 bits per heavy atom. The van der Waals surface area contributed by atoms with Crippen LogP contribution < -0.4 is 19.5 Å². The average Bonchev–Trinajstić information content (AvgIpc) is 2.65. The highest BCUT2D eigenvalue weighted by atomic mass is 16.5. The standard InChI is InChI=1S/C18H17N3O4/c1-23-13-7-12(8-14(9-13)24-2)21-17(22)10-25-18-15-5-3-4-6-16(15)19-11-20-18/h3-9,11H,10H2,1-2H3,(H,21,22). The van der Waals surface area contributed by atoms with Crippen molar-refractivity contribution in [3.63, 3.8) is 0 Å². The molecule has 1 amide bonds. The number of para-hydroxylation sites is 1. The Hall–Kier alpha value is -3.35. The Kier molecular flexibility index (Phi) is 4.94. The zero-order valence-electron chi connectivity index (χ0n) is 13.9. The SMILES string of the molecule is COc1cc(NC(=O)COc2ncnc3ccccc23)cc(OC)c1. The number of nitrogens with zero attached hydrogens (tertiary/aromatic N) is 2. The Labute approximate surface area is 144 Å². The number of rotatable bonds is 6. The molecule has 0 fully saturated rings. The van der Waals surface area contributed by atoms with Gasteiger partial charge in [-0.25, -0.2) is 9.97 Å². The summed E-state index contributed by atoms with van der Waals surface area (Å²) in [7, 11) is 3.09. The smallest absolute Gasteiger partial charge is 0.262 e. The summed E-state index contributed by atoms with van der Waals surface area (Å²) in [6.45, 7) is -0.180. The molecule has 3 rings (SSSR count). The van der Waals surface area contributed by atoms with Gasteiger partial charge in [0.1, 0.15) is 17.8 Å². The number of ether oxygens (including phenoxy) is 3. The van der Waals surface area contributed by atoms with Gasteiger partial charge in [-0.05, 0) is 12.1 Å². The van der Waals surface area contributed by atoms with E-state index in [2.05, 4.69) is 15.3 Å². The monoisotopic (exact) mass is 339 g/mol. The van der Waals surface area contributed by atoms with Gasteiger partial charge < -0.3 is 19.5 Å². The summed E-state index contributed by atoms with van der Waals surface area (Å²) in [5, 5.41) is 3.49. The van der Waals surface area contributed by atoms with Crippen molar-refractivity contribution in [3.8, 4) is 17.4 Å². The van der Waals surface area contributed by atoms with E-state index < -0.39 is 0 Å². The second-order valence-corrected chi connectivity index (χ2v) is 5.13. The van der Waals surface area contributed by atoms with Crippen molar-refractivity contribution in [2.45, 2.75) is 0 Å². The number of fused-ring (bicyclic) bond motifs is 1. The number of carbonyl (C=O) groups excluding carboxylic acids is 1. The molecular weight excluding hydrogens is 322 g/mol. The van der Waals surface area contributed by atoms with Gasteiger partial charge in [-0.15, -0.1) is 0 Å². The van der Waals surface area contributed by atoms with E-state index in [1.165, 1.54) is 6.33 Å². The molecule has 7 nitrogen and oxygen atoms in total. The third-order valence-corrected chi connectivity index (χ3v) is 3.48. The van der Waals surface area contributed by atoms with Crippen LogP contribution in [0.15, 0.2) is 48.8 Å². The molecule has 7 heteroatoms. The molecule has 1 heterocycles. The molecular formula is C18H17N3O4. The van der Waals surface area contributed by atoms with E-state index in [-0.39, 0.29) is 12.5 Å². The van der Waals surface area contributed by atoms with Gasteiger partial charge in [-0.1, -0.05) is 12.1 Å². The van der Waals surface area contributed by atoms with Gasteiger partial charge in [-0.3, -0.25) is 4.79 Å². The van der Waals surface area contributed by atoms with Crippen molar-refractivity contribution in [2.75, 3.05) is 26.1 Å². The summed E-state index contributed by atoms with van der Waals surface area (Å²) < 4.78 is 15.9. The summed E-state index contributed by atoms with van der Waals surface area (Å²) >= 11 is 0.